The van der Waals surface area contributed by atoms with E-state index in [9.17, 15) is 0 Å². The Hall–Kier alpha value is -2.42. The molecule has 0 saturated carbocycles. The van der Waals surface area contributed by atoms with Gasteiger partial charge in [-0.1, -0.05) is 0 Å². The van der Waals surface area contributed by atoms with Crippen LogP contribution >= 0.6 is 0 Å². The molecule has 16 heavy (non-hydrogen) atoms. The first-order chi connectivity index (χ1) is 7.63. The minimum absolute atomic E-state index is 0.200. The van der Waals surface area contributed by atoms with Crippen LogP contribution < -0.4 is 5.73 Å². The minimum Gasteiger partial charge on any atom is -0.382 e. The second-order valence-corrected chi connectivity index (χ2v) is 3.39. The Morgan fingerprint density at radius 2 is 2.19 bits per heavy atom. The van der Waals surface area contributed by atoms with Gasteiger partial charge in [0.1, 0.15) is 23.1 Å². The molecule has 2 aromatic rings. The van der Waals surface area contributed by atoms with Crippen LogP contribution in [0.1, 0.15) is 11.3 Å². The predicted octanol–water partition coefficient (Wildman–Crippen LogP) is 0.639. The summed E-state index contributed by atoms with van der Waals surface area (Å²) in [6, 6.07) is 1.98. The predicted molar refractivity (Wildman–Crippen MR) is 58.1 cm³/mol. The Bertz CT molecular complexity index is 554. The molecule has 6 nitrogen and oxygen atoms in total. The van der Waals surface area contributed by atoms with Gasteiger partial charge < -0.3 is 10.3 Å². The minimum atomic E-state index is 0.200. The van der Waals surface area contributed by atoms with Gasteiger partial charge in [0.2, 0.25) is 0 Å². The van der Waals surface area contributed by atoms with Gasteiger partial charge in [0.25, 0.3) is 0 Å². The average Bonchev–Trinajstić information content (AvgIpc) is 2.64. The fraction of sp³-hybridized carbons (Fsp3) is 0.200. The molecule has 2 heterocycles. The standard InChI is InChI=1S/C10H10N6/c1-6-7(3-11)9(12)15-10(14-6)8-4-13-5-16(8)2/h4-5H,1-2H3,(H2,12,14,15). The van der Waals surface area contributed by atoms with Crippen molar-refractivity contribution in [1.29, 1.82) is 5.26 Å². The number of nitrogen functional groups attached to an aromatic ring is 1. The maximum atomic E-state index is 8.85. The van der Waals surface area contributed by atoms with Gasteiger partial charge in [-0.15, -0.1) is 0 Å². The SMILES string of the molecule is Cc1nc(-c2cncn2C)nc(N)c1C#N. The van der Waals surface area contributed by atoms with Crippen molar-refractivity contribution in [3.63, 3.8) is 0 Å². The first kappa shape index (κ1) is 10.1. The van der Waals surface area contributed by atoms with Gasteiger partial charge >= 0.3 is 0 Å². The third kappa shape index (κ3) is 1.48. The van der Waals surface area contributed by atoms with Crippen molar-refractivity contribution >= 4 is 5.82 Å². The molecular weight excluding hydrogens is 204 g/mol. The fourth-order valence-corrected chi connectivity index (χ4v) is 1.42. The zero-order chi connectivity index (χ0) is 11.7. The maximum Gasteiger partial charge on any atom is 0.180 e. The van der Waals surface area contributed by atoms with Crippen LogP contribution in [-0.2, 0) is 7.05 Å². The first-order valence-corrected chi connectivity index (χ1v) is 4.64. The molecule has 0 aliphatic heterocycles. The quantitative estimate of drug-likeness (QED) is 0.751. The molecule has 2 N–H and O–H groups in total. The van der Waals surface area contributed by atoms with E-state index in [4.69, 9.17) is 11.0 Å². The summed E-state index contributed by atoms with van der Waals surface area (Å²) in [4.78, 5) is 12.3. The molecule has 2 rings (SSSR count). The monoisotopic (exact) mass is 214 g/mol. The lowest BCUT2D eigenvalue weighted by atomic mass is 10.2. The van der Waals surface area contributed by atoms with Gasteiger partial charge in [-0.25, -0.2) is 15.0 Å². The van der Waals surface area contributed by atoms with Crippen molar-refractivity contribution < 1.29 is 0 Å². The molecule has 2 aromatic heterocycles. The number of rotatable bonds is 1. The van der Waals surface area contributed by atoms with Gasteiger partial charge in [0.15, 0.2) is 5.82 Å². The smallest absolute Gasteiger partial charge is 0.180 e. The van der Waals surface area contributed by atoms with Crippen molar-refractivity contribution in [3.8, 4) is 17.6 Å². The van der Waals surface area contributed by atoms with E-state index in [-0.39, 0.29) is 5.82 Å². The number of imidazole rings is 1. The molecule has 0 saturated heterocycles. The molecular formula is C10H10N6. The molecule has 0 spiro atoms. The largest absolute Gasteiger partial charge is 0.382 e. The zero-order valence-corrected chi connectivity index (χ0v) is 8.97. The number of nitriles is 1. The van der Waals surface area contributed by atoms with Gasteiger partial charge in [-0.2, -0.15) is 5.26 Å². The summed E-state index contributed by atoms with van der Waals surface area (Å²) in [6.07, 6.45) is 3.31. The van der Waals surface area contributed by atoms with Crippen LogP contribution in [0.2, 0.25) is 0 Å². The summed E-state index contributed by atoms with van der Waals surface area (Å²) in [5, 5.41) is 8.85. The van der Waals surface area contributed by atoms with Crippen LogP contribution in [0.3, 0.4) is 0 Å². The summed E-state index contributed by atoms with van der Waals surface area (Å²) in [7, 11) is 1.84. The molecule has 0 amide bonds. The number of aromatic nitrogens is 4. The summed E-state index contributed by atoms with van der Waals surface area (Å²) >= 11 is 0. The highest BCUT2D eigenvalue weighted by atomic mass is 15.1. The number of nitrogens with two attached hydrogens (primary N) is 1. The van der Waals surface area contributed by atoms with Crippen LogP contribution in [0.25, 0.3) is 11.5 Å². The highest BCUT2D eigenvalue weighted by Crippen LogP contribution is 2.18. The first-order valence-electron chi connectivity index (χ1n) is 4.64. The molecule has 0 aliphatic rings. The highest BCUT2D eigenvalue weighted by molar-refractivity contribution is 5.58. The van der Waals surface area contributed by atoms with Crippen molar-refractivity contribution in [2.24, 2.45) is 7.05 Å². The van der Waals surface area contributed by atoms with Crippen LogP contribution in [0.15, 0.2) is 12.5 Å². The number of hydrogen-bond donors (Lipinski definition) is 1. The summed E-state index contributed by atoms with van der Waals surface area (Å²) in [5.74, 6) is 0.681. The lowest BCUT2D eigenvalue weighted by molar-refractivity contribution is 0.906. The van der Waals surface area contributed by atoms with E-state index in [1.165, 1.54) is 0 Å². The average molecular weight is 214 g/mol. The molecule has 0 aromatic carbocycles. The lowest BCUT2D eigenvalue weighted by Gasteiger charge is -2.05. The number of hydrogen-bond acceptors (Lipinski definition) is 5. The van der Waals surface area contributed by atoms with Crippen LogP contribution in [0.5, 0.6) is 0 Å². The summed E-state index contributed by atoms with van der Waals surface area (Å²) in [6.45, 7) is 1.73. The van der Waals surface area contributed by atoms with Gasteiger partial charge in [0.05, 0.1) is 18.2 Å². The molecule has 0 aliphatic carbocycles. The Balaban J connectivity index is 2.62. The van der Waals surface area contributed by atoms with E-state index in [0.717, 1.165) is 5.69 Å². The molecule has 0 bridgehead atoms. The number of nitrogens with zero attached hydrogens (tertiary/aromatic N) is 5. The topological polar surface area (TPSA) is 93.4 Å². The van der Waals surface area contributed by atoms with Gasteiger partial charge in [-0.05, 0) is 6.92 Å². The summed E-state index contributed by atoms with van der Waals surface area (Å²) in [5.41, 5.74) is 7.35. The Labute approximate surface area is 92.4 Å². The normalized spacial score (nSPS) is 10.1. The Kier molecular flexibility index (Phi) is 2.29. The Morgan fingerprint density at radius 1 is 1.44 bits per heavy atom. The fourth-order valence-electron chi connectivity index (χ4n) is 1.42. The maximum absolute atomic E-state index is 8.85. The van der Waals surface area contributed by atoms with Crippen molar-refractivity contribution in [2.75, 3.05) is 5.73 Å². The molecule has 0 radical (unpaired) electrons. The van der Waals surface area contributed by atoms with Crippen molar-refractivity contribution in [2.45, 2.75) is 6.92 Å². The molecule has 6 heteroatoms. The van der Waals surface area contributed by atoms with Gasteiger partial charge in [-0.3, -0.25) is 0 Å². The van der Waals surface area contributed by atoms with E-state index < -0.39 is 0 Å². The van der Waals surface area contributed by atoms with Gasteiger partial charge in [0, 0.05) is 7.05 Å². The van der Waals surface area contributed by atoms with Crippen LogP contribution in [0, 0.1) is 18.3 Å². The summed E-state index contributed by atoms with van der Waals surface area (Å²) < 4.78 is 1.79. The van der Waals surface area contributed by atoms with Crippen LogP contribution in [-0.4, -0.2) is 19.5 Å². The third-order valence-electron chi connectivity index (χ3n) is 2.28. The second kappa shape index (κ2) is 3.62. The molecule has 0 fully saturated rings. The highest BCUT2D eigenvalue weighted by Gasteiger charge is 2.12. The van der Waals surface area contributed by atoms with E-state index in [1.807, 2.05) is 13.1 Å². The lowest BCUT2D eigenvalue weighted by Crippen LogP contribution is -2.04. The van der Waals surface area contributed by atoms with Crippen molar-refractivity contribution in [3.05, 3.63) is 23.8 Å². The number of aryl methyl sites for hydroxylation is 2. The van der Waals surface area contributed by atoms with E-state index >= 15 is 0 Å². The molecule has 0 atom stereocenters. The van der Waals surface area contributed by atoms with E-state index in [2.05, 4.69) is 15.0 Å². The zero-order valence-electron chi connectivity index (χ0n) is 8.97. The second-order valence-electron chi connectivity index (χ2n) is 3.39. The van der Waals surface area contributed by atoms with Crippen molar-refractivity contribution in [1.82, 2.24) is 19.5 Å². The van der Waals surface area contributed by atoms with E-state index in [0.29, 0.717) is 17.1 Å². The third-order valence-corrected chi connectivity index (χ3v) is 2.28. The molecule has 0 unspecified atom stereocenters. The number of anilines is 1. The van der Waals surface area contributed by atoms with Crippen LogP contribution in [0.4, 0.5) is 5.82 Å². The van der Waals surface area contributed by atoms with E-state index in [1.54, 1.807) is 24.0 Å². The Morgan fingerprint density at radius 3 is 2.69 bits per heavy atom. The molecule has 80 valence electrons.